The smallest absolute Gasteiger partial charge is 0.255 e. The Morgan fingerprint density at radius 3 is 2.50 bits per heavy atom. The molecule has 4 nitrogen and oxygen atoms in total. The molecule has 0 aliphatic carbocycles. The third-order valence-corrected chi connectivity index (χ3v) is 3.32. The van der Waals surface area contributed by atoms with Crippen LogP contribution in [-0.4, -0.2) is 5.91 Å². The summed E-state index contributed by atoms with van der Waals surface area (Å²) in [5, 5.41) is 0. The van der Waals surface area contributed by atoms with Crippen LogP contribution in [0.15, 0.2) is 30.3 Å². The highest BCUT2D eigenvalue weighted by Crippen LogP contribution is 2.32. The summed E-state index contributed by atoms with van der Waals surface area (Å²) in [6, 6.07) is 6.20. The van der Waals surface area contributed by atoms with Crippen molar-refractivity contribution in [3.63, 3.8) is 0 Å². The Morgan fingerprint density at radius 1 is 1.15 bits per heavy atom. The molecule has 0 bridgehead atoms. The predicted octanol–water partition coefficient (Wildman–Crippen LogP) is 3.04. The summed E-state index contributed by atoms with van der Waals surface area (Å²) in [5.74, 6) is -2.48. The summed E-state index contributed by atoms with van der Waals surface area (Å²) >= 11 is 1.78. The molecule has 0 aliphatic heterocycles. The van der Waals surface area contributed by atoms with Gasteiger partial charge in [0.15, 0.2) is 5.75 Å². The molecule has 0 saturated carbocycles. The molecule has 0 spiro atoms. The average molecular weight is 390 g/mol. The van der Waals surface area contributed by atoms with Gasteiger partial charge in [0.25, 0.3) is 5.91 Å². The number of carbonyl (C=O) groups is 1. The number of hydrogen-bond donors (Lipinski definition) is 2. The van der Waals surface area contributed by atoms with E-state index in [0.717, 1.165) is 12.1 Å². The largest absolute Gasteiger partial charge is 0.454 e. The molecule has 0 radical (unpaired) electrons. The first-order chi connectivity index (χ1) is 9.40. The van der Waals surface area contributed by atoms with E-state index in [0.29, 0.717) is 3.57 Å². The summed E-state index contributed by atoms with van der Waals surface area (Å²) < 4.78 is 32.7. The van der Waals surface area contributed by atoms with Crippen molar-refractivity contribution in [2.75, 3.05) is 5.73 Å². The molecule has 20 heavy (non-hydrogen) atoms. The lowest BCUT2D eigenvalue weighted by Crippen LogP contribution is -2.14. The minimum atomic E-state index is -0.984. The van der Waals surface area contributed by atoms with E-state index in [2.05, 4.69) is 0 Å². The fourth-order valence-corrected chi connectivity index (χ4v) is 2.07. The first-order valence-electron chi connectivity index (χ1n) is 5.41. The Balaban J connectivity index is 2.48. The zero-order valence-corrected chi connectivity index (χ0v) is 12.1. The molecular formula is C13H9F2IN2O2. The number of anilines is 1. The average Bonchev–Trinajstić information content (AvgIpc) is 2.35. The number of halogens is 3. The van der Waals surface area contributed by atoms with Crippen LogP contribution in [0, 0.1) is 15.2 Å². The number of rotatable bonds is 3. The van der Waals surface area contributed by atoms with E-state index in [1.165, 1.54) is 18.2 Å². The van der Waals surface area contributed by atoms with Gasteiger partial charge in [-0.2, -0.15) is 0 Å². The van der Waals surface area contributed by atoms with E-state index in [-0.39, 0.29) is 17.2 Å². The van der Waals surface area contributed by atoms with Crippen LogP contribution in [0.1, 0.15) is 10.4 Å². The van der Waals surface area contributed by atoms with Crippen LogP contribution in [0.2, 0.25) is 0 Å². The Kier molecular flexibility index (Phi) is 4.07. The minimum Gasteiger partial charge on any atom is -0.454 e. The molecule has 0 fully saturated rings. The highest BCUT2D eigenvalue weighted by atomic mass is 127. The summed E-state index contributed by atoms with van der Waals surface area (Å²) in [5.41, 5.74) is 10.5. The molecular weight excluding hydrogens is 381 g/mol. The molecule has 0 heterocycles. The van der Waals surface area contributed by atoms with Gasteiger partial charge in [0.05, 0.1) is 9.26 Å². The number of primary amides is 1. The quantitative estimate of drug-likeness (QED) is 0.625. The Hall–Kier alpha value is -1.90. The molecule has 0 saturated heterocycles. The zero-order valence-electron chi connectivity index (χ0n) is 9.99. The van der Waals surface area contributed by atoms with E-state index in [1.54, 1.807) is 22.6 Å². The summed E-state index contributed by atoms with van der Waals surface area (Å²) in [6.07, 6.45) is 0. The van der Waals surface area contributed by atoms with Crippen molar-refractivity contribution in [3.05, 3.63) is 51.1 Å². The van der Waals surface area contributed by atoms with Crippen molar-refractivity contribution < 1.29 is 18.3 Å². The second-order valence-corrected chi connectivity index (χ2v) is 5.05. The van der Waals surface area contributed by atoms with E-state index < -0.39 is 23.1 Å². The van der Waals surface area contributed by atoms with E-state index in [1.807, 2.05) is 0 Å². The molecule has 0 aromatic heterocycles. The van der Waals surface area contributed by atoms with Gasteiger partial charge in [-0.05, 0) is 40.8 Å². The maximum atomic E-state index is 13.6. The third-order valence-electron chi connectivity index (χ3n) is 2.49. The maximum absolute atomic E-state index is 13.6. The minimum absolute atomic E-state index is 0.0176. The molecule has 1 amide bonds. The van der Waals surface area contributed by atoms with Gasteiger partial charge in [0.2, 0.25) is 0 Å². The van der Waals surface area contributed by atoms with Crippen LogP contribution in [0.5, 0.6) is 11.5 Å². The zero-order chi connectivity index (χ0) is 14.9. The molecule has 0 unspecified atom stereocenters. The van der Waals surface area contributed by atoms with Gasteiger partial charge in [-0.3, -0.25) is 4.79 Å². The lowest BCUT2D eigenvalue weighted by molar-refractivity contribution is 0.0994. The lowest BCUT2D eigenvalue weighted by atomic mass is 10.1. The molecule has 0 atom stereocenters. The van der Waals surface area contributed by atoms with Crippen LogP contribution in [0.25, 0.3) is 0 Å². The van der Waals surface area contributed by atoms with Gasteiger partial charge < -0.3 is 16.2 Å². The third kappa shape index (κ3) is 2.82. The lowest BCUT2D eigenvalue weighted by Gasteiger charge is -2.12. The van der Waals surface area contributed by atoms with Gasteiger partial charge >= 0.3 is 0 Å². The maximum Gasteiger partial charge on any atom is 0.255 e. The summed E-state index contributed by atoms with van der Waals surface area (Å²) in [4.78, 5) is 11.2. The van der Waals surface area contributed by atoms with Gasteiger partial charge in [-0.15, -0.1) is 0 Å². The number of nitrogens with two attached hydrogens (primary N) is 2. The predicted molar refractivity (Wildman–Crippen MR) is 78.5 cm³/mol. The van der Waals surface area contributed by atoms with Crippen LogP contribution >= 0.6 is 22.6 Å². The van der Waals surface area contributed by atoms with Crippen LogP contribution in [0.3, 0.4) is 0 Å². The fraction of sp³-hybridized carbons (Fsp3) is 0. The molecule has 7 heteroatoms. The summed E-state index contributed by atoms with van der Waals surface area (Å²) in [6.45, 7) is 0. The molecule has 2 aromatic carbocycles. The van der Waals surface area contributed by atoms with Crippen LogP contribution in [-0.2, 0) is 0 Å². The molecule has 4 N–H and O–H groups in total. The number of carbonyl (C=O) groups excluding carboxylic acids is 1. The van der Waals surface area contributed by atoms with Gasteiger partial charge in [-0.1, -0.05) is 6.07 Å². The SMILES string of the molecule is NC(=O)c1c(F)cccc1Oc1cc(F)c(I)cc1N. The van der Waals surface area contributed by atoms with E-state index in [9.17, 15) is 13.6 Å². The second kappa shape index (κ2) is 5.61. The normalized spacial score (nSPS) is 10.3. The van der Waals surface area contributed by atoms with Gasteiger partial charge in [0, 0.05) is 6.07 Å². The molecule has 2 aromatic rings. The number of hydrogen-bond acceptors (Lipinski definition) is 3. The molecule has 104 valence electrons. The van der Waals surface area contributed by atoms with Gasteiger partial charge in [-0.25, -0.2) is 8.78 Å². The van der Waals surface area contributed by atoms with Crippen molar-refractivity contribution >= 4 is 34.2 Å². The molecule has 0 aliphatic rings. The summed E-state index contributed by atoms with van der Waals surface area (Å²) in [7, 11) is 0. The van der Waals surface area contributed by atoms with Crippen molar-refractivity contribution in [1.29, 1.82) is 0 Å². The topological polar surface area (TPSA) is 78.3 Å². The van der Waals surface area contributed by atoms with Crippen molar-refractivity contribution in [1.82, 2.24) is 0 Å². The Bertz CT molecular complexity index is 692. The van der Waals surface area contributed by atoms with Crippen LogP contribution < -0.4 is 16.2 Å². The van der Waals surface area contributed by atoms with Crippen molar-refractivity contribution in [2.24, 2.45) is 5.73 Å². The number of nitrogen functional groups attached to an aromatic ring is 1. The first-order valence-corrected chi connectivity index (χ1v) is 6.48. The molecule has 2 rings (SSSR count). The van der Waals surface area contributed by atoms with Gasteiger partial charge in [0.1, 0.15) is 22.9 Å². The Morgan fingerprint density at radius 2 is 1.85 bits per heavy atom. The van der Waals surface area contributed by atoms with Crippen molar-refractivity contribution in [3.8, 4) is 11.5 Å². The number of amides is 1. The van der Waals surface area contributed by atoms with Crippen LogP contribution in [0.4, 0.5) is 14.5 Å². The van der Waals surface area contributed by atoms with Crippen molar-refractivity contribution in [2.45, 2.75) is 0 Å². The number of benzene rings is 2. The standard InChI is InChI=1S/C13H9F2IN2O2/c14-6-2-1-3-10(12(6)13(18)19)20-11-4-7(15)8(16)5-9(11)17/h1-5H,17H2,(H2,18,19). The fourth-order valence-electron chi connectivity index (χ4n) is 1.58. The first kappa shape index (κ1) is 14.5. The number of ether oxygens (including phenoxy) is 1. The highest BCUT2D eigenvalue weighted by molar-refractivity contribution is 14.1. The van der Waals surface area contributed by atoms with E-state index >= 15 is 0 Å². The Labute approximate surface area is 126 Å². The second-order valence-electron chi connectivity index (χ2n) is 3.88. The highest BCUT2D eigenvalue weighted by Gasteiger charge is 2.17. The monoisotopic (exact) mass is 390 g/mol. The van der Waals surface area contributed by atoms with E-state index in [4.69, 9.17) is 16.2 Å².